The second-order valence-electron chi connectivity index (χ2n) is 2.02. The van der Waals surface area contributed by atoms with E-state index < -0.39 is 11.9 Å². The van der Waals surface area contributed by atoms with Crippen LogP contribution >= 0.6 is 0 Å². The third-order valence-corrected chi connectivity index (χ3v) is 1.02. The SMILES string of the molecule is C=COC(=O)CC#CCC(=O)OC=C. The first-order valence-electron chi connectivity index (χ1n) is 3.77. The summed E-state index contributed by atoms with van der Waals surface area (Å²) < 4.78 is 8.77. The molecule has 0 saturated carbocycles. The quantitative estimate of drug-likeness (QED) is 0.382. The van der Waals surface area contributed by atoms with Crippen LogP contribution in [0.25, 0.3) is 0 Å². The van der Waals surface area contributed by atoms with E-state index in [1.165, 1.54) is 0 Å². The van der Waals surface area contributed by atoms with Gasteiger partial charge in [-0.1, -0.05) is 25.0 Å². The molecule has 0 fully saturated rings. The molecule has 0 aliphatic carbocycles. The van der Waals surface area contributed by atoms with Crippen LogP contribution in [0.1, 0.15) is 12.8 Å². The van der Waals surface area contributed by atoms with E-state index in [0.29, 0.717) is 0 Å². The molecule has 0 amide bonds. The van der Waals surface area contributed by atoms with Crippen LogP contribution in [0.3, 0.4) is 0 Å². The lowest BCUT2D eigenvalue weighted by Gasteiger charge is -1.91. The highest BCUT2D eigenvalue weighted by Gasteiger charge is 1.97. The molecule has 0 aromatic carbocycles. The average molecular weight is 194 g/mol. The standard InChI is InChI=1S/C10H10O4/c1-3-13-9(11)7-5-6-8-10(12)14-4-2/h3-4H,1-2,7-8H2. The molecule has 0 aromatic rings. The fourth-order valence-electron chi connectivity index (χ4n) is 0.539. The molecular weight excluding hydrogens is 184 g/mol. The Hall–Kier alpha value is -2.02. The average Bonchev–Trinajstić information content (AvgIpc) is 2.13. The lowest BCUT2D eigenvalue weighted by molar-refractivity contribution is -0.137. The molecule has 0 radical (unpaired) electrons. The van der Waals surface area contributed by atoms with Gasteiger partial charge in [-0.15, -0.1) is 0 Å². The molecule has 4 heteroatoms. The number of carbonyl (C=O) groups is 2. The zero-order chi connectivity index (χ0) is 10.8. The van der Waals surface area contributed by atoms with Crippen LogP contribution in [-0.2, 0) is 19.1 Å². The van der Waals surface area contributed by atoms with Gasteiger partial charge < -0.3 is 9.47 Å². The van der Waals surface area contributed by atoms with Crippen molar-refractivity contribution < 1.29 is 19.1 Å². The molecule has 0 bridgehead atoms. The fraction of sp³-hybridized carbons (Fsp3) is 0.200. The summed E-state index contributed by atoms with van der Waals surface area (Å²) >= 11 is 0. The molecule has 0 N–H and O–H groups in total. The van der Waals surface area contributed by atoms with Gasteiger partial charge in [-0.25, -0.2) is 0 Å². The summed E-state index contributed by atoms with van der Waals surface area (Å²) in [6.45, 7) is 6.41. The van der Waals surface area contributed by atoms with Crippen molar-refractivity contribution in [3.63, 3.8) is 0 Å². The molecular formula is C10H10O4. The van der Waals surface area contributed by atoms with Crippen molar-refractivity contribution in [2.24, 2.45) is 0 Å². The summed E-state index contributed by atoms with van der Waals surface area (Å²) in [5.74, 6) is 3.88. The van der Waals surface area contributed by atoms with Crippen LogP contribution in [0.5, 0.6) is 0 Å². The first kappa shape index (κ1) is 12.0. The monoisotopic (exact) mass is 194 g/mol. The topological polar surface area (TPSA) is 52.6 Å². The Bertz CT molecular complexity index is 265. The highest BCUT2D eigenvalue weighted by molar-refractivity contribution is 5.75. The normalized spacial score (nSPS) is 7.71. The molecule has 0 aliphatic heterocycles. The molecule has 0 heterocycles. The Morgan fingerprint density at radius 2 is 1.36 bits per heavy atom. The minimum atomic E-state index is -0.510. The van der Waals surface area contributed by atoms with Crippen molar-refractivity contribution in [1.82, 2.24) is 0 Å². The molecule has 0 aromatic heterocycles. The lowest BCUT2D eigenvalue weighted by atomic mass is 10.4. The molecule has 4 nitrogen and oxygen atoms in total. The Morgan fingerprint density at radius 1 is 1.00 bits per heavy atom. The summed E-state index contributed by atoms with van der Waals surface area (Å²) in [5.41, 5.74) is 0. The van der Waals surface area contributed by atoms with E-state index in [2.05, 4.69) is 34.5 Å². The second-order valence-corrected chi connectivity index (χ2v) is 2.02. The van der Waals surface area contributed by atoms with Gasteiger partial charge in [-0.2, -0.15) is 0 Å². The fourth-order valence-corrected chi connectivity index (χ4v) is 0.539. The predicted molar refractivity (Wildman–Crippen MR) is 49.6 cm³/mol. The highest BCUT2D eigenvalue weighted by atomic mass is 16.5. The number of hydrogen-bond acceptors (Lipinski definition) is 4. The smallest absolute Gasteiger partial charge is 0.322 e. The van der Waals surface area contributed by atoms with Crippen LogP contribution in [-0.4, -0.2) is 11.9 Å². The Morgan fingerprint density at radius 3 is 1.64 bits per heavy atom. The molecule has 0 unspecified atom stereocenters. The van der Waals surface area contributed by atoms with Gasteiger partial charge in [0, 0.05) is 0 Å². The van der Waals surface area contributed by atoms with Crippen LogP contribution in [0.2, 0.25) is 0 Å². The van der Waals surface area contributed by atoms with Gasteiger partial charge in [0.25, 0.3) is 0 Å². The zero-order valence-electron chi connectivity index (χ0n) is 7.62. The van der Waals surface area contributed by atoms with E-state index in [-0.39, 0.29) is 12.8 Å². The van der Waals surface area contributed by atoms with E-state index in [4.69, 9.17) is 0 Å². The molecule has 0 aliphatic rings. The number of esters is 2. The van der Waals surface area contributed by atoms with Gasteiger partial charge in [0.2, 0.25) is 0 Å². The van der Waals surface area contributed by atoms with E-state index in [9.17, 15) is 9.59 Å². The molecule has 0 spiro atoms. The van der Waals surface area contributed by atoms with Crippen LogP contribution < -0.4 is 0 Å². The molecule has 0 atom stereocenters. The van der Waals surface area contributed by atoms with Crippen molar-refractivity contribution in [1.29, 1.82) is 0 Å². The van der Waals surface area contributed by atoms with Gasteiger partial charge >= 0.3 is 11.9 Å². The summed E-state index contributed by atoms with van der Waals surface area (Å²) in [6, 6.07) is 0. The molecule has 74 valence electrons. The van der Waals surface area contributed by atoms with Gasteiger partial charge in [-0.3, -0.25) is 9.59 Å². The first-order valence-corrected chi connectivity index (χ1v) is 3.77. The number of carbonyl (C=O) groups excluding carboxylic acids is 2. The maximum absolute atomic E-state index is 10.7. The van der Waals surface area contributed by atoms with Crippen molar-refractivity contribution in [2.45, 2.75) is 12.8 Å². The highest BCUT2D eigenvalue weighted by Crippen LogP contribution is 1.87. The van der Waals surface area contributed by atoms with Gasteiger partial charge in [0.05, 0.1) is 12.5 Å². The third-order valence-electron chi connectivity index (χ3n) is 1.02. The van der Waals surface area contributed by atoms with Gasteiger partial charge in [-0.05, 0) is 0 Å². The minimum absolute atomic E-state index is 0.0760. The first-order chi connectivity index (χ1) is 6.70. The largest absolute Gasteiger partial charge is 0.434 e. The van der Waals surface area contributed by atoms with Crippen LogP contribution in [0.4, 0.5) is 0 Å². The van der Waals surface area contributed by atoms with E-state index >= 15 is 0 Å². The van der Waals surface area contributed by atoms with Crippen molar-refractivity contribution >= 4 is 11.9 Å². The van der Waals surface area contributed by atoms with Gasteiger partial charge in [0.15, 0.2) is 0 Å². The number of rotatable bonds is 4. The lowest BCUT2D eigenvalue weighted by Crippen LogP contribution is -1.98. The summed E-state index contributed by atoms with van der Waals surface area (Å²) in [7, 11) is 0. The minimum Gasteiger partial charge on any atom is -0.434 e. The zero-order valence-corrected chi connectivity index (χ0v) is 7.62. The second kappa shape index (κ2) is 7.62. The Kier molecular flexibility index (Phi) is 6.52. The molecule has 0 saturated heterocycles. The summed E-state index contributed by atoms with van der Waals surface area (Å²) in [4.78, 5) is 21.4. The van der Waals surface area contributed by atoms with Gasteiger partial charge in [0.1, 0.15) is 12.8 Å². The predicted octanol–water partition coefficient (Wildman–Crippen LogP) is 1.14. The number of ether oxygens (including phenoxy) is 2. The third kappa shape index (κ3) is 6.68. The molecule has 0 rings (SSSR count). The summed E-state index contributed by atoms with van der Waals surface area (Å²) in [5, 5.41) is 0. The van der Waals surface area contributed by atoms with E-state index in [1.54, 1.807) is 0 Å². The molecule has 14 heavy (non-hydrogen) atoms. The van der Waals surface area contributed by atoms with Crippen LogP contribution in [0.15, 0.2) is 25.7 Å². The Balaban J connectivity index is 3.72. The van der Waals surface area contributed by atoms with Crippen LogP contribution in [0, 0.1) is 11.8 Å². The van der Waals surface area contributed by atoms with E-state index in [1.807, 2.05) is 0 Å². The summed E-state index contributed by atoms with van der Waals surface area (Å²) in [6.07, 6.45) is 1.90. The number of hydrogen-bond donors (Lipinski definition) is 0. The van der Waals surface area contributed by atoms with Crippen molar-refractivity contribution in [3.05, 3.63) is 25.7 Å². The van der Waals surface area contributed by atoms with E-state index in [0.717, 1.165) is 12.5 Å². The van der Waals surface area contributed by atoms with Crippen molar-refractivity contribution in [3.8, 4) is 11.8 Å². The Labute approximate surface area is 82.2 Å². The maximum Gasteiger partial charge on any atom is 0.322 e. The maximum atomic E-state index is 10.7. The van der Waals surface area contributed by atoms with Crippen molar-refractivity contribution in [2.75, 3.05) is 0 Å².